The van der Waals surface area contributed by atoms with E-state index in [1.165, 1.54) is 25.4 Å². The van der Waals surface area contributed by atoms with E-state index in [2.05, 4.69) is 276 Å². The molecule has 0 radical (unpaired) electrons. The van der Waals surface area contributed by atoms with E-state index in [1.54, 1.807) is 0 Å². The Labute approximate surface area is 464 Å². The zero-order valence-electron chi connectivity index (χ0n) is 29.9. The largest absolute Gasteiger partial charge is 0.490 e. The van der Waals surface area contributed by atoms with Crippen LogP contribution in [0, 0.1) is 32.1 Å². The number of halogens is 9. The molecule has 0 aliphatic rings. The van der Waals surface area contributed by atoms with Crippen LogP contribution in [0.15, 0.2) is 124 Å². The highest BCUT2D eigenvalue weighted by Crippen LogP contribution is 2.35. The molecule has 0 amide bonds. The van der Waals surface area contributed by atoms with E-state index in [1.807, 2.05) is 36.4 Å². The molecular formula is C42H30I9O6S+. The predicted molar refractivity (Wildman–Crippen MR) is 308 cm³/mol. The molecule has 6 rings (SSSR count). The first-order valence-electron chi connectivity index (χ1n) is 17.2. The van der Waals surface area contributed by atoms with Gasteiger partial charge in [-0.1, -0.05) is 0 Å². The second-order valence-electron chi connectivity index (χ2n) is 11.9. The molecule has 0 saturated heterocycles. The predicted octanol–water partition coefficient (Wildman–Crippen LogP) is 14.6. The van der Waals surface area contributed by atoms with E-state index in [0.717, 1.165) is 55.9 Å². The van der Waals surface area contributed by atoms with E-state index in [9.17, 15) is 0 Å². The normalized spacial score (nSPS) is 11.1. The number of rotatable bonds is 18. The highest BCUT2D eigenvalue weighted by molar-refractivity contribution is 14.1. The molecule has 16 heteroatoms. The van der Waals surface area contributed by atoms with Gasteiger partial charge >= 0.3 is 0 Å². The smallest absolute Gasteiger partial charge is 0.166 e. The second kappa shape index (κ2) is 24.4. The molecule has 0 spiro atoms. The highest BCUT2D eigenvalue weighted by atomic mass is 127. The maximum absolute atomic E-state index is 6.11. The third-order valence-corrected chi connectivity index (χ3v) is 16.8. The molecule has 0 aliphatic carbocycles. The van der Waals surface area contributed by atoms with E-state index >= 15 is 0 Å². The number of benzene rings is 6. The average Bonchev–Trinajstić information content (AvgIpc) is 3.17. The Kier molecular flexibility index (Phi) is 20.4. The van der Waals surface area contributed by atoms with Gasteiger partial charge in [-0.3, -0.25) is 0 Å². The van der Waals surface area contributed by atoms with Crippen molar-refractivity contribution in [2.75, 3.05) is 39.6 Å². The zero-order chi connectivity index (χ0) is 41.2. The van der Waals surface area contributed by atoms with Crippen molar-refractivity contribution in [1.29, 1.82) is 0 Å². The van der Waals surface area contributed by atoms with Crippen LogP contribution in [0.2, 0.25) is 0 Å². The van der Waals surface area contributed by atoms with Gasteiger partial charge in [-0.05, 0) is 313 Å². The minimum absolute atomic E-state index is 0.406. The van der Waals surface area contributed by atoms with Gasteiger partial charge in [-0.15, -0.1) is 0 Å². The lowest BCUT2D eigenvalue weighted by atomic mass is 10.3. The molecule has 0 unspecified atom stereocenters. The molecule has 0 atom stereocenters. The van der Waals surface area contributed by atoms with Crippen LogP contribution in [0.4, 0.5) is 0 Å². The quantitative estimate of drug-likeness (QED) is 0.0486. The molecule has 0 heterocycles. The number of ether oxygens (including phenoxy) is 6. The lowest BCUT2D eigenvalue weighted by Crippen LogP contribution is -2.11. The average molecular weight is 1800 g/mol. The van der Waals surface area contributed by atoms with Crippen LogP contribution in [-0.4, -0.2) is 39.6 Å². The van der Waals surface area contributed by atoms with E-state index in [0.29, 0.717) is 39.6 Å². The molecule has 0 N–H and O–H groups in total. The summed E-state index contributed by atoms with van der Waals surface area (Å²) in [5.74, 6) is 5.09. The lowest BCUT2D eigenvalue weighted by Gasteiger charge is -2.13. The molecule has 0 aliphatic heterocycles. The number of hydrogen-bond donors (Lipinski definition) is 0. The maximum atomic E-state index is 6.11. The van der Waals surface area contributed by atoms with Crippen LogP contribution in [0.25, 0.3) is 0 Å². The molecular weight excluding hydrogens is 1770 g/mol. The van der Waals surface area contributed by atoms with Crippen LogP contribution in [0.3, 0.4) is 0 Å². The summed E-state index contributed by atoms with van der Waals surface area (Å²) >= 11 is 20.9. The maximum Gasteiger partial charge on any atom is 0.166 e. The molecule has 6 nitrogen and oxygen atoms in total. The Morgan fingerprint density at radius 1 is 0.293 bits per heavy atom. The molecule has 58 heavy (non-hydrogen) atoms. The van der Waals surface area contributed by atoms with Crippen LogP contribution in [-0.2, 0) is 10.9 Å². The van der Waals surface area contributed by atoms with Crippen LogP contribution in [0.5, 0.6) is 34.5 Å². The fourth-order valence-electron chi connectivity index (χ4n) is 5.33. The first kappa shape index (κ1) is 48.5. The number of hydrogen-bond acceptors (Lipinski definition) is 6. The molecule has 302 valence electrons. The van der Waals surface area contributed by atoms with Crippen molar-refractivity contribution < 1.29 is 28.4 Å². The fourth-order valence-corrected chi connectivity index (χ4v) is 19.1. The standard InChI is InChI=1S/C42H30I9O6S/c43-25-19-34(46)40(35(47)20-25)55-16-13-52-28-1-7-31(8-2-28)58(32-9-3-29(4-10-32)53-14-17-56-41-36(48)21-26(44)22-37(41)49)33-11-5-30(6-12-33)54-15-18-57-42-38(50)23-27(45)24-39(42)51/h1-12,19-24H,13-18H2/q+1. The third-order valence-electron chi connectivity index (χ3n) is 7.86. The van der Waals surface area contributed by atoms with Crippen molar-refractivity contribution in [3.05, 3.63) is 141 Å². The summed E-state index contributed by atoms with van der Waals surface area (Å²) < 4.78 is 46.7. The van der Waals surface area contributed by atoms with Gasteiger partial charge < -0.3 is 28.4 Å². The van der Waals surface area contributed by atoms with Crippen LogP contribution >= 0.6 is 203 Å². The molecule has 0 fully saturated rings. The Hall–Kier alpha value is 1.04. The first-order valence-corrected chi connectivity index (χ1v) is 28.1. The second-order valence-corrected chi connectivity index (χ2v) is 24.6. The van der Waals surface area contributed by atoms with Crippen molar-refractivity contribution in [2.45, 2.75) is 14.7 Å². The van der Waals surface area contributed by atoms with Crippen LogP contribution in [0.1, 0.15) is 0 Å². The topological polar surface area (TPSA) is 55.4 Å². The molecule has 6 aromatic rings. The van der Waals surface area contributed by atoms with E-state index in [4.69, 9.17) is 28.4 Å². The Morgan fingerprint density at radius 3 is 0.724 bits per heavy atom. The molecule has 0 bridgehead atoms. The third kappa shape index (κ3) is 14.3. The molecule has 0 aromatic heterocycles. The van der Waals surface area contributed by atoms with Crippen LogP contribution < -0.4 is 28.4 Å². The lowest BCUT2D eigenvalue weighted by molar-refractivity contribution is 0.215. The van der Waals surface area contributed by atoms with Gasteiger partial charge in [0.2, 0.25) is 0 Å². The van der Waals surface area contributed by atoms with Gasteiger partial charge in [-0.25, -0.2) is 0 Å². The summed E-state index contributed by atoms with van der Waals surface area (Å²) in [5, 5.41) is 0. The van der Waals surface area contributed by atoms with E-state index in [-0.39, 0.29) is 0 Å². The first-order chi connectivity index (χ1) is 27.9. The molecule has 0 saturated carbocycles. The van der Waals surface area contributed by atoms with Gasteiger partial charge in [0.1, 0.15) is 74.1 Å². The minimum Gasteiger partial charge on any atom is -0.490 e. The van der Waals surface area contributed by atoms with Crippen molar-refractivity contribution in [2.24, 2.45) is 0 Å². The van der Waals surface area contributed by atoms with Crippen molar-refractivity contribution >= 4 is 214 Å². The van der Waals surface area contributed by atoms with E-state index < -0.39 is 10.9 Å². The van der Waals surface area contributed by atoms with Crippen molar-refractivity contribution in [3.8, 4) is 34.5 Å². The summed E-state index contributed by atoms with van der Waals surface area (Å²) in [6.07, 6.45) is 0. The zero-order valence-corrected chi connectivity index (χ0v) is 50.1. The summed E-state index contributed by atoms with van der Waals surface area (Å²) in [6.45, 7) is 2.68. The fraction of sp³-hybridized carbons (Fsp3) is 0.143. The van der Waals surface area contributed by atoms with Crippen molar-refractivity contribution in [1.82, 2.24) is 0 Å². The van der Waals surface area contributed by atoms with Gasteiger partial charge in [0.15, 0.2) is 14.7 Å². The summed E-state index contributed by atoms with van der Waals surface area (Å²) in [5.41, 5.74) is 0. The summed E-state index contributed by atoms with van der Waals surface area (Å²) in [7, 11) is -0.406. The summed E-state index contributed by atoms with van der Waals surface area (Å²) in [4.78, 5) is 3.50. The Balaban J connectivity index is 1.11. The monoisotopic (exact) mass is 1800 g/mol. The Morgan fingerprint density at radius 2 is 0.500 bits per heavy atom. The van der Waals surface area contributed by atoms with Gasteiger partial charge in [0.05, 0.1) is 32.3 Å². The minimum atomic E-state index is -0.406. The van der Waals surface area contributed by atoms with Crippen molar-refractivity contribution in [3.63, 3.8) is 0 Å². The Bertz CT molecular complexity index is 1990. The molecule has 6 aromatic carbocycles. The summed E-state index contributed by atoms with van der Waals surface area (Å²) in [6, 6.07) is 37.8. The van der Waals surface area contributed by atoms with Gasteiger partial charge in [0.25, 0.3) is 0 Å². The highest BCUT2D eigenvalue weighted by Gasteiger charge is 2.29. The van der Waals surface area contributed by atoms with Gasteiger partial charge in [0, 0.05) is 10.7 Å². The SMILES string of the molecule is Ic1cc(I)c(OCCOc2ccc([S+](c3ccc(OCCOc4c(I)cc(I)cc4I)cc3)c3ccc(OCCOc4c(I)cc(I)cc4I)cc3)cc2)c(I)c1. The van der Waals surface area contributed by atoms with Gasteiger partial charge in [-0.2, -0.15) is 0 Å².